The molecule has 1 rings (SSSR count). The summed E-state index contributed by atoms with van der Waals surface area (Å²) in [5.41, 5.74) is 7.91. The van der Waals surface area contributed by atoms with Crippen molar-refractivity contribution >= 4 is 11.6 Å². The van der Waals surface area contributed by atoms with Gasteiger partial charge in [-0.15, -0.1) is 0 Å². The summed E-state index contributed by atoms with van der Waals surface area (Å²) in [7, 11) is 1.68. The molecular weight excluding hydrogens is 216 g/mol. The van der Waals surface area contributed by atoms with Crippen LogP contribution in [0.1, 0.15) is 28.8 Å². The van der Waals surface area contributed by atoms with Crippen molar-refractivity contribution in [2.24, 2.45) is 0 Å². The Labute approximate surface area is 102 Å². The van der Waals surface area contributed by atoms with Gasteiger partial charge in [0, 0.05) is 31.5 Å². The van der Waals surface area contributed by atoms with Gasteiger partial charge in [0.2, 0.25) is 0 Å². The van der Waals surface area contributed by atoms with E-state index in [1.807, 2.05) is 6.92 Å². The molecule has 3 N–H and O–H groups in total. The van der Waals surface area contributed by atoms with E-state index in [0.717, 1.165) is 25.0 Å². The van der Waals surface area contributed by atoms with Crippen LogP contribution in [0.2, 0.25) is 0 Å². The fourth-order valence-corrected chi connectivity index (χ4v) is 1.61. The van der Waals surface area contributed by atoms with E-state index < -0.39 is 0 Å². The molecule has 0 spiro atoms. The largest absolute Gasteiger partial charge is 0.399 e. The minimum atomic E-state index is -0.0417. The lowest BCUT2D eigenvalue weighted by molar-refractivity contribution is 0.0951. The van der Waals surface area contributed by atoms with E-state index >= 15 is 0 Å². The summed E-state index contributed by atoms with van der Waals surface area (Å²) in [6.07, 6.45) is 1.88. The number of nitrogen functional groups attached to an aromatic ring is 1. The van der Waals surface area contributed by atoms with Gasteiger partial charge in [-0.25, -0.2) is 0 Å². The molecule has 0 bridgehead atoms. The van der Waals surface area contributed by atoms with Crippen LogP contribution in [0, 0.1) is 6.92 Å². The zero-order chi connectivity index (χ0) is 12.7. The van der Waals surface area contributed by atoms with Crippen LogP contribution in [0.4, 0.5) is 5.69 Å². The first-order valence-electron chi connectivity index (χ1n) is 5.78. The van der Waals surface area contributed by atoms with E-state index in [4.69, 9.17) is 10.5 Å². The number of rotatable bonds is 6. The van der Waals surface area contributed by atoms with Crippen molar-refractivity contribution in [1.29, 1.82) is 0 Å². The number of ether oxygens (including phenoxy) is 1. The number of unbranched alkanes of at least 4 members (excludes halogenated alkanes) is 1. The lowest BCUT2D eigenvalue weighted by Gasteiger charge is -2.08. The molecule has 4 nitrogen and oxygen atoms in total. The Morgan fingerprint density at radius 1 is 1.41 bits per heavy atom. The molecule has 94 valence electrons. The molecule has 0 unspecified atom stereocenters. The molecule has 0 radical (unpaired) electrons. The number of aryl methyl sites for hydroxylation is 1. The maximum absolute atomic E-state index is 11.8. The van der Waals surface area contributed by atoms with E-state index in [1.165, 1.54) is 0 Å². The summed E-state index contributed by atoms with van der Waals surface area (Å²) in [5.74, 6) is -0.0417. The summed E-state index contributed by atoms with van der Waals surface area (Å²) in [5, 5.41) is 2.88. The number of nitrogens with two attached hydrogens (primary N) is 1. The fourth-order valence-electron chi connectivity index (χ4n) is 1.61. The second-order valence-electron chi connectivity index (χ2n) is 4.03. The first-order chi connectivity index (χ1) is 8.15. The van der Waals surface area contributed by atoms with Crippen molar-refractivity contribution in [2.45, 2.75) is 19.8 Å². The summed E-state index contributed by atoms with van der Waals surface area (Å²) in [6.45, 7) is 3.29. The first-order valence-corrected chi connectivity index (χ1v) is 5.78. The van der Waals surface area contributed by atoms with Crippen molar-refractivity contribution in [3.8, 4) is 0 Å². The minimum absolute atomic E-state index is 0.0417. The van der Waals surface area contributed by atoms with Crippen molar-refractivity contribution in [2.75, 3.05) is 26.0 Å². The third-order valence-corrected chi connectivity index (χ3v) is 2.56. The Hall–Kier alpha value is -1.55. The number of nitrogens with one attached hydrogen (secondary N) is 1. The Morgan fingerprint density at radius 3 is 2.82 bits per heavy atom. The lowest BCUT2D eigenvalue weighted by atomic mass is 10.1. The number of benzene rings is 1. The van der Waals surface area contributed by atoms with Gasteiger partial charge in [-0.05, 0) is 43.5 Å². The summed E-state index contributed by atoms with van der Waals surface area (Å²) in [4.78, 5) is 11.8. The molecule has 0 atom stereocenters. The van der Waals surface area contributed by atoms with Gasteiger partial charge in [-0.1, -0.05) is 0 Å². The second-order valence-corrected chi connectivity index (χ2v) is 4.03. The number of methoxy groups -OCH3 is 1. The molecule has 0 saturated heterocycles. The Kier molecular flexibility index (Phi) is 5.49. The maximum atomic E-state index is 11.8. The molecule has 0 aliphatic heterocycles. The molecule has 0 aliphatic rings. The molecule has 17 heavy (non-hydrogen) atoms. The zero-order valence-electron chi connectivity index (χ0n) is 10.5. The average molecular weight is 236 g/mol. The lowest BCUT2D eigenvalue weighted by Crippen LogP contribution is -2.25. The molecule has 0 saturated carbocycles. The second kappa shape index (κ2) is 6.91. The Morgan fingerprint density at radius 2 is 2.18 bits per heavy atom. The Balaban J connectivity index is 2.42. The average Bonchev–Trinajstić information content (AvgIpc) is 2.28. The highest BCUT2D eigenvalue weighted by molar-refractivity contribution is 5.95. The summed E-state index contributed by atoms with van der Waals surface area (Å²) < 4.78 is 4.94. The molecule has 1 aromatic carbocycles. The van der Waals surface area contributed by atoms with Crippen molar-refractivity contribution in [3.05, 3.63) is 29.3 Å². The quantitative estimate of drug-likeness (QED) is 0.584. The van der Waals surface area contributed by atoms with Gasteiger partial charge in [-0.3, -0.25) is 4.79 Å². The number of hydrogen-bond donors (Lipinski definition) is 2. The zero-order valence-corrected chi connectivity index (χ0v) is 10.5. The first kappa shape index (κ1) is 13.5. The van der Waals surface area contributed by atoms with Gasteiger partial charge in [0.05, 0.1) is 0 Å². The normalized spacial score (nSPS) is 10.2. The predicted molar refractivity (Wildman–Crippen MR) is 69.0 cm³/mol. The monoisotopic (exact) mass is 236 g/mol. The van der Waals surface area contributed by atoms with Gasteiger partial charge < -0.3 is 15.8 Å². The van der Waals surface area contributed by atoms with E-state index in [1.54, 1.807) is 25.3 Å². The molecule has 0 heterocycles. The molecular formula is C13H20N2O2. The van der Waals surface area contributed by atoms with Gasteiger partial charge in [0.25, 0.3) is 5.91 Å². The van der Waals surface area contributed by atoms with Crippen molar-refractivity contribution in [3.63, 3.8) is 0 Å². The van der Waals surface area contributed by atoms with Crippen LogP contribution in [0.15, 0.2) is 18.2 Å². The van der Waals surface area contributed by atoms with Gasteiger partial charge >= 0.3 is 0 Å². The molecule has 1 amide bonds. The molecule has 0 aromatic heterocycles. The SMILES string of the molecule is COCCCCNC(=O)c1ccc(N)cc1C. The van der Waals surface area contributed by atoms with Gasteiger partial charge in [0.1, 0.15) is 0 Å². The van der Waals surface area contributed by atoms with E-state index in [2.05, 4.69) is 5.32 Å². The van der Waals surface area contributed by atoms with E-state index in [9.17, 15) is 4.79 Å². The topological polar surface area (TPSA) is 64.3 Å². The summed E-state index contributed by atoms with van der Waals surface area (Å²) in [6, 6.07) is 5.31. The van der Waals surface area contributed by atoms with Crippen molar-refractivity contribution in [1.82, 2.24) is 5.32 Å². The van der Waals surface area contributed by atoms with Gasteiger partial charge in [0.15, 0.2) is 0 Å². The third-order valence-electron chi connectivity index (χ3n) is 2.56. The molecule has 4 heteroatoms. The van der Waals surface area contributed by atoms with E-state index in [0.29, 0.717) is 17.8 Å². The predicted octanol–water partition coefficient (Wildman–Crippen LogP) is 1.73. The van der Waals surface area contributed by atoms with Crippen LogP contribution >= 0.6 is 0 Å². The fraction of sp³-hybridized carbons (Fsp3) is 0.462. The van der Waals surface area contributed by atoms with Crippen LogP contribution in [0.25, 0.3) is 0 Å². The highest BCUT2D eigenvalue weighted by Crippen LogP contribution is 2.12. The smallest absolute Gasteiger partial charge is 0.251 e. The number of carbonyl (C=O) groups is 1. The third kappa shape index (κ3) is 4.44. The standard InChI is InChI=1S/C13H20N2O2/c1-10-9-11(14)5-6-12(10)13(16)15-7-3-4-8-17-2/h5-6,9H,3-4,7-8,14H2,1-2H3,(H,15,16). The maximum Gasteiger partial charge on any atom is 0.251 e. The molecule has 1 aromatic rings. The van der Waals surface area contributed by atoms with Crippen LogP contribution < -0.4 is 11.1 Å². The van der Waals surface area contributed by atoms with Gasteiger partial charge in [-0.2, -0.15) is 0 Å². The van der Waals surface area contributed by atoms with Crippen LogP contribution in [0.5, 0.6) is 0 Å². The summed E-state index contributed by atoms with van der Waals surface area (Å²) >= 11 is 0. The van der Waals surface area contributed by atoms with Crippen LogP contribution in [-0.4, -0.2) is 26.2 Å². The Bertz CT molecular complexity index is 378. The minimum Gasteiger partial charge on any atom is -0.399 e. The number of anilines is 1. The van der Waals surface area contributed by atoms with Crippen LogP contribution in [-0.2, 0) is 4.74 Å². The number of amides is 1. The number of hydrogen-bond acceptors (Lipinski definition) is 3. The molecule has 0 aliphatic carbocycles. The highest BCUT2D eigenvalue weighted by Gasteiger charge is 2.07. The molecule has 0 fully saturated rings. The number of carbonyl (C=O) groups excluding carboxylic acids is 1. The van der Waals surface area contributed by atoms with E-state index in [-0.39, 0.29) is 5.91 Å². The van der Waals surface area contributed by atoms with Crippen LogP contribution in [0.3, 0.4) is 0 Å². The highest BCUT2D eigenvalue weighted by atomic mass is 16.5. The van der Waals surface area contributed by atoms with Crippen molar-refractivity contribution < 1.29 is 9.53 Å².